The first-order valence-corrected chi connectivity index (χ1v) is 23.7. The molecule has 0 fully saturated rings. The molecule has 0 aliphatic rings. The van der Waals surface area contributed by atoms with Gasteiger partial charge in [0, 0.05) is 6.42 Å². The molecule has 0 aromatic rings. The van der Waals surface area contributed by atoms with Crippen LogP contribution in [0.3, 0.4) is 0 Å². The SMILES string of the molecule is CCC/C=C/CC/C=C/CC/C=C/C(O)C(CO)NC(=O)CCCCCCCCCCCCCCCCCCCCCCCCCCCCCCCC. The summed E-state index contributed by atoms with van der Waals surface area (Å²) in [6, 6.07) is -0.641. The summed E-state index contributed by atoms with van der Waals surface area (Å²) in [6.07, 6.45) is 60.1. The fourth-order valence-electron chi connectivity index (χ4n) is 7.22. The zero-order valence-electron chi connectivity index (χ0n) is 35.8. The minimum atomic E-state index is -0.866. The Morgan fingerprint density at radius 1 is 0.434 bits per heavy atom. The first-order chi connectivity index (χ1) is 26.2. The van der Waals surface area contributed by atoms with E-state index in [1.807, 2.05) is 6.08 Å². The van der Waals surface area contributed by atoms with Crippen LogP contribution in [0.15, 0.2) is 36.5 Å². The molecule has 53 heavy (non-hydrogen) atoms. The Kier molecular flexibility index (Phi) is 43.8. The van der Waals surface area contributed by atoms with Crippen molar-refractivity contribution in [1.29, 1.82) is 0 Å². The van der Waals surface area contributed by atoms with E-state index in [4.69, 9.17) is 0 Å². The van der Waals surface area contributed by atoms with E-state index < -0.39 is 12.1 Å². The largest absolute Gasteiger partial charge is 0.394 e. The highest BCUT2D eigenvalue weighted by atomic mass is 16.3. The molecule has 2 atom stereocenters. The van der Waals surface area contributed by atoms with Crippen molar-refractivity contribution in [1.82, 2.24) is 5.32 Å². The van der Waals surface area contributed by atoms with Gasteiger partial charge in [0.1, 0.15) is 0 Å². The molecule has 0 spiro atoms. The Morgan fingerprint density at radius 3 is 1.06 bits per heavy atom. The number of aliphatic hydroxyl groups is 2. The summed E-state index contributed by atoms with van der Waals surface area (Å²) in [4.78, 5) is 12.4. The molecule has 0 aliphatic carbocycles. The average molecular weight is 744 g/mol. The minimum Gasteiger partial charge on any atom is -0.394 e. The van der Waals surface area contributed by atoms with Crippen LogP contribution in [0.4, 0.5) is 0 Å². The van der Waals surface area contributed by atoms with E-state index in [0.717, 1.165) is 44.9 Å². The van der Waals surface area contributed by atoms with Crippen LogP contribution >= 0.6 is 0 Å². The standard InChI is InChI=1S/C49H93NO3/c1-3-5-7-9-11-13-15-16-17-18-19-20-21-22-23-24-25-26-27-28-29-30-31-32-33-35-37-39-41-43-45-49(53)50-47(46-51)48(52)44-42-40-38-36-34-14-12-10-8-6-4-2/h8,10,34,36,42,44,47-48,51-52H,3-7,9,11-33,35,37-41,43,45-46H2,1-2H3,(H,50,53)/b10-8+,36-34+,44-42+. The molecule has 0 bridgehead atoms. The predicted molar refractivity (Wildman–Crippen MR) is 235 cm³/mol. The Labute approximate surface area is 331 Å². The van der Waals surface area contributed by atoms with Crippen LogP contribution in [0.2, 0.25) is 0 Å². The molecule has 4 nitrogen and oxygen atoms in total. The topological polar surface area (TPSA) is 69.6 Å². The average Bonchev–Trinajstić information content (AvgIpc) is 3.16. The van der Waals surface area contributed by atoms with Crippen molar-refractivity contribution in [3.63, 3.8) is 0 Å². The Morgan fingerprint density at radius 2 is 0.736 bits per heavy atom. The second-order valence-corrected chi connectivity index (χ2v) is 16.2. The van der Waals surface area contributed by atoms with Crippen molar-refractivity contribution in [2.24, 2.45) is 0 Å². The number of rotatable bonds is 43. The van der Waals surface area contributed by atoms with Gasteiger partial charge in [-0.05, 0) is 38.5 Å². The van der Waals surface area contributed by atoms with Gasteiger partial charge >= 0.3 is 0 Å². The lowest BCUT2D eigenvalue weighted by molar-refractivity contribution is -0.123. The predicted octanol–water partition coefficient (Wildman–Crippen LogP) is 15.0. The monoisotopic (exact) mass is 744 g/mol. The number of carbonyl (C=O) groups is 1. The Hall–Kier alpha value is -1.39. The van der Waals surface area contributed by atoms with Crippen LogP contribution in [-0.4, -0.2) is 34.9 Å². The lowest BCUT2D eigenvalue weighted by Gasteiger charge is -2.19. The van der Waals surface area contributed by atoms with Gasteiger partial charge < -0.3 is 15.5 Å². The third-order valence-corrected chi connectivity index (χ3v) is 10.8. The fourth-order valence-corrected chi connectivity index (χ4v) is 7.22. The van der Waals surface area contributed by atoms with E-state index in [-0.39, 0.29) is 12.5 Å². The maximum Gasteiger partial charge on any atom is 0.220 e. The quantitative estimate of drug-likeness (QED) is 0.0430. The minimum absolute atomic E-state index is 0.0763. The van der Waals surface area contributed by atoms with E-state index in [9.17, 15) is 15.0 Å². The molecule has 0 saturated heterocycles. The van der Waals surface area contributed by atoms with E-state index in [1.165, 1.54) is 186 Å². The highest BCUT2D eigenvalue weighted by molar-refractivity contribution is 5.76. The summed E-state index contributed by atoms with van der Waals surface area (Å²) in [5.41, 5.74) is 0. The second-order valence-electron chi connectivity index (χ2n) is 16.2. The van der Waals surface area contributed by atoms with Crippen molar-refractivity contribution < 1.29 is 15.0 Å². The van der Waals surface area contributed by atoms with Crippen molar-refractivity contribution in [3.05, 3.63) is 36.5 Å². The van der Waals surface area contributed by atoms with Crippen LogP contribution in [0.5, 0.6) is 0 Å². The number of hydrogen-bond donors (Lipinski definition) is 3. The highest BCUT2D eigenvalue weighted by Crippen LogP contribution is 2.17. The van der Waals surface area contributed by atoms with Gasteiger partial charge in [0.25, 0.3) is 0 Å². The first-order valence-electron chi connectivity index (χ1n) is 23.7. The van der Waals surface area contributed by atoms with Gasteiger partial charge in [-0.25, -0.2) is 0 Å². The summed E-state index contributed by atoms with van der Waals surface area (Å²) in [6.45, 7) is 4.23. The maximum absolute atomic E-state index is 12.4. The van der Waals surface area contributed by atoms with Gasteiger partial charge in [-0.3, -0.25) is 4.79 Å². The molecule has 0 saturated carbocycles. The number of unbranched alkanes of at least 4 members (excludes halogenated alkanes) is 32. The number of allylic oxidation sites excluding steroid dienone is 5. The molecule has 2 unspecified atom stereocenters. The molecule has 0 radical (unpaired) electrons. The summed E-state index contributed by atoms with van der Waals surface area (Å²) in [7, 11) is 0. The fraction of sp³-hybridized carbons (Fsp3) is 0.857. The molecular weight excluding hydrogens is 651 g/mol. The molecule has 0 aromatic carbocycles. The summed E-state index contributed by atoms with van der Waals surface area (Å²) in [5, 5.41) is 22.9. The molecule has 1 amide bonds. The third kappa shape index (κ3) is 41.6. The van der Waals surface area contributed by atoms with E-state index in [0.29, 0.717) is 6.42 Å². The van der Waals surface area contributed by atoms with Gasteiger partial charge in [-0.15, -0.1) is 0 Å². The molecule has 0 heterocycles. The maximum atomic E-state index is 12.4. The van der Waals surface area contributed by atoms with E-state index in [2.05, 4.69) is 43.5 Å². The van der Waals surface area contributed by atoms with Gasteiger partial charge in [0.05, 0.1) is 18.8 Å². The number of aliphatic hydroxyl groups excluding tert-OH is 2. The molecular formula is C49H93NO3. The normalized spacial score (nSPS) is 13.2. The van der Waals surface area contributed by atoms with Gasteiger partial charge in [0.15, 0.2) is 0 Å². The van der Waals surface area contributed by atoms with Crippen LogP contribution in [0.1, 0.15) is 251 Å². The molecule has 0 aromatic heterocycles. The molecule has 0 rings (SSSR count). The Bertz CT molecular complexity index is 806. The first kappa shape index (κ1) is 51.6. The van der Waals surface area contributed by atoms with Crippen molar-refractivity contribution >= 4 is 5.91 Å². The number of nitrogens with one attached hydrogen (secondary N) is 1. The van der Waals surface area contributed by atoms with E-state index >= 15 is 0 Å². The number of amides is 1. The van der Waals surface area contributed by atoms with Crippen LogP contribution in [0, 0.1) is 0 Å². The molecule has 312 valence electrons. The summed E-state index contributed by atoms with van der Waals surface area (Å²) >= 11 is 0. The lowest BCUT2D eigenvalue weighted by atomic mass is 10.0. The van der Waals surface area contributed by atoms with Crippen LogP contribution in [-0.2, 0) is 4.79 Å². The summed E-state index contributed by atoms with van der Waals surface area (Å²) < 4.78 is 0. The van der Waals surface area contributed by atoms with Gasteiger partial charge in [-0.1, -0.05) is 243 Å². The Balaban J connectivity index is 3.42. The van der Waals surface area contributed by atoms with Crippen molar-refractivity contribution in [2.75, 3.05) is 6.61 Å². The zero-order chi connectivity index (χ0) is 38.6. The van der Waals surface area contributed by atoms with Crippen LogP contribution in [0.25, 0.3) is 0 Å². The van der Waals surface area contributed by atoms with Crippen LogP contribution < -0.4 is 5.32 Å². The van der Waals surface area contributed by atoms with E-state index in [1.54, 1.807) is 6.08 Å². The molecule has 4 heteroatoms. The molecule has 3 N–H and O–H groups in total. The number of hydrogen-bond acceptors (Lipinski definition) is 3. The van der Waals surface area contributed by atoms with Gasteiger partial charge in [-0.2, -0.15) is 0 Å². The van der Waals surface area contributed by atoms with Crippen molar-refractivity contribution in [3.8, 4) is 0 Å². The molecule has 0 aliphatic heterocycles. The van der Waals surface area contributed by atoms with Gasteiger partial charge in [0.2, 0.25) is 5.91 Å². The second kappa shape index (κ2) is 45.0. The zero-order valence-corrected chi connectivity index (χ0v) is 35.8. The third-order valence-electron chi connectivity index (χ3n) is 10.8. The lowest BCUT2D eigenvalue weighted by Crippen LogP contribution is -2.45. The summed E-state index contributed by atoms with van der Waals surface area (Å²) in [5.74, 6) is -0.0763. The highest BCUT2D eigenvalue weighted by Gasteiger charge is 2.17. The smallest absolute Gasteiger partial charge is 0.220 e. The number of carbonyl (C=O) groups excluding carboxylic acids is 1. The van der Waals surface area contributed by atoms with Crippen molar-refractivity contribution in [2.45, 2.75) is 264 Å².